The molecule has 0 aliphatic heterocycles. The van der Waals surface area contributed by atoms with Gasteiger partial charge in [-0.1, -0.05) is 30.3 Å². The van der Waals surface area contributed by atoms with E-state index >= 15 is 0 Å². The molecule has 2 N–H and O–H groups in total. The molecule has 0 aliphatic carbocycles. The lowest BCUT2D eigenvalue weighted by Crippen LogP contribution is -2.36. The van der Waals surface area contributed by atoms with Crippen molar-refractivity contribution in [3.05, 3.63) is 89.5 Å². The van der Waals surface area contributed by atoms with Gasteiger partial charge < -0.3 is 5.32 Å². The van der Waals surface area contributed by atoms with Crippen LogP contribution in [0.1, 0.15) is 11.1 Å². The first-order valence-corrected chi connectivity index (χ1v) is 11.5. The maximum Gasteiger partial charge on any atom is 0.416 e. The molecule has 0 aromatic heterocycles. The molecular formula is C23H19F5N2O3S. The summed E-state index contributed by atoms with van der Waals surface area (Å²) in [4.78, 5) is 11.9. The first-order chi connectivity index (χ1) is 16.0. The molecule has 0 atom stereocenters. The molecule has 0 radical (unpaired) electrons. The summed E-state index contributed by atoms with van der Waals surface area (Å²) in [5.74, 6) is -2.45. The van der Waals surface area contributed by atoms with Crippen molar-refractivity contribution in [1.82, 2.24) is 10.6 Å². The monoisotopic (exact) mass is 498 g/mol. The van der Waals surface area contributed by atoms with E-state index in [1.165, 1.54) is 18.2 Å². The number of sulfone groups is 1. The molecule has 0 unspecified atom stereocenters. The molecule has 3 rings (SSSR count). The number of nitrogens with one attached hydrogen (secondary N) is 2. The van der Waals surface area contributed by atoms with Crippen LogP contribution in [0.2, 0.25) is 0 Å². The second kappa shape index (κ2) is 10.3. The summed E-state index contributed by atoms with van der Waals surface area (Å²) in [6.45, 7) is -0.591. The number of benzene rings is 3. The van der Waals surface area contributed by atoms with Crippen LogP contribution in [0.15, 0.2) is 71.6 Å². The first-order valence-electron chi connectivity index (χ1n) is 9.88. The highest BCUT2D eigenvalue weighted by molar-refractivity contribution is 7.91. The number of alkyl halides is 3. The van der Waals surface area contributed by atoms with E-state index in [1.54, 1.807) is 0 Å². The molecule has 0 bridgehead atoms. The van der Waals surface area contributed by atoms with Crippen molar-refractivity contribution >= 4 is 15.7 Å². The summed E-state index contributed by atoms with van der Waals surface area (Å²) in [6, 6.07) is 12.6. The van der Waals surface area contributed by atoms with Gasteiger partial charge in [-0.2, -0.15) is 13.2 Å². The summed E-state index contributed by atoms with van der Waals surface area (Å²) in [5, 5.41) is 4.91. The van der Waals surface area contributed by atoms with Gasteiger partial charge in [0.05, 0.1) is 17.0 Å². The molecule has 3 aromatic rings. The molecule has 34 heavy (non-hydrogen) atoms. The van der Waals surface area contributed by atoms with Gasteiger partial charge in [-0.3, -0.25) is 10.1 Å². The van der Waals surface area contributed by atoms with E-state index in [1.807, 2.05) is 0 Å². The van der Waals surface area contributed by atoms with Crippen LogP contribution in [0, 0.1) is 11.6 Å². The van der Waals surface area contributed by atoms with Crippen LogP contribution in [0.3, 0.4) is 0 Å². The Morgan fingerprint density at radius 1 is 0.882 bits per heavy atom. The van der Waals surface area contributed by atoms with E-state index < -0.39 is 45.0 Å². The van der Waals surface area contributed by atoms with Crippen molar-refractivity contribution in [2.75, 3.05) is 12.4 Å². The normalized spacial score (nSPS) is 11.9. The molecule has 11 heteroatoms. The Morgan fingerprint density at radius 2 is 1.53 bits per heavy atom. The molecule has 180 valence electrons. The molecule has 0 saturated heterocycles. The van der Waals surface area contributed by atoms with Crippen LogP contribution in [0.4, 0.5) is 22.0 Å². The van der Waals surface area contributed by atoms with Crippen LogP contribution in [0.5, 0.6) is 0 Å². The van der Waals surface area contributed by atoms with Crippen LogP contribution in [-0.4, -0.2) is 26.7 Å². The standard InChI is InChI=1S/C23H19F5N2O3S/c24-18-8-10-19(11-9-18)34(32,33)14-29-13-21(31)30-12-16-2-1-3-20(22(16)25)15-4-6-17(7-5-15)23(26,27)28/h1-11,29H,12-14H2,(H,30,31). The molecule has 1 amide bonds. The molecule has 0 heterocycles. The van der Waals surface area contributed by atoms with E-state index in [0.29, 0.717) is 0 Å². The molecular weight excluding hydrogens is 479 g/mol. The van der Waals surface area contributed by atoms with Crippen molar-refractivity contribution in [2.45, 2.75) is 17.6 Å². The highest BCUT2D eigenvalue weighted by Crippen LogP contribution is 2.32. The van der Waals surface area contributed by atoms with Crippen molar-refractivity contribution in [3.8, 4) is 11.1 Å². The maximum atomic E-state index is 14.9. The van der Waals surface area contributed by atoms with Gasteiger partial charge in [0, 0.05) is 17.7 Å². The molecule has 5 nitrogen and oxygen atoms in total. The van der Waals surface area contributed by atoms with Gasteiger partial charge in [-0.15, -0.1) is 0 Å². The Morgan fingerprint density at radius 3 is 2.15 bits per heavy atom. The molecule has 3 aromatic carbocycles. The van der Waals surface area contributed by atoms with Crippen LogP contribution in [0.25, 0.3) is 11.1 Å². The highest BCUT2D eigenvalue weighted by atomic mass is 32.2. The second-order valence-corrected chi connectivity index (χ2v) is 9.26. The lowest BCUT2D eigenvalue weighted by Gasteiger charge is -2.12. The Balaban J connectivity index is 1.57. The smallest absolute Gasteiger partial charge is 0.351 e. The zero-order valence-electron chi connectivity index (χ0n) is 17.5. The van der Waals surface area contributed by atoms with Gasteiger partial charge in [0.1, 0.15) is 17.5 Å². The van der Waals surface area contributed by atoms with Crippen molar-refractivity contribution < 1.29 is 35.2 Å². The Hall–Kier alpha value is -3.31. The lowest BCUT2D eigenvalue weighted by molar-refractivity contribution is -0.137. The molecule has 0 fully saturated rings. The van der Waals surface area contributed by atoms with Gasteiger partial charge >= 0.3 is 6.18 Å². The fraction of sp³-hybridized carbons (Fsp3) is 0.174. The van der Waals surface area contributed by atoms with Crippen LogP contribution >= 0.6 is 0 Å². The number of rotatable bonds is 8. The Kier molecular flexibility index (Phi) is 7.68. The number of halogens is 5. The summed E-state index contributed by atoms with van der Waals surface area (Å²) in [5.41, 5.74) is -0.436. The molecule has 0 aliphatic rings. The third-order valence-electron chi connectivity index (χ3n) is 4.83. The SMILES string of the molecule is O=C(CNCS(=O)(=O)c1ccc(F)cc1)NCc1cccc(-c2ccc(C(F)(F)F)cc2)c1F. The van der Waals surface area contributed by atoms with Crippen molar-refractivity contribution in [1.29, 1.82) is 0 Å². The van der Waals surface area contributed by atoms with Gasteiger partial charge in [-0.25, -0.2) is 17.2 Å². The van der Waals surface area contributed by atoms with E-state index in [0.717, 1.165) is 48.5 Å². The topological polar surface area (TPSA) is 75.3 Å². The predicted molar refractivity (Wildman–Crippen MR) is 115 cm³/mol. The summed E-state index contributed by atoms with van der Waals surface area (Å²) in [7, 11) is -3.78. The minimum atomic E-state index is -4.50. The summed E-state index contributed by atoms with van der Waals surface area (Å²) in [6.07, 6.45) is -4.50. The van der Waals surface area contributed by atoms with Crippen LogP contribution in [-0.2, 0) is 27.4 Å². The third-order valence-corrected chi connectivity index (χ3v) is 6.40. The summed E-state index contributed by atoms with van der Waals surface area (Å²) < 4.78 is 90.3. The molecule has 0 saturated carbocycles. The largest absolute Gasteiger partial charge is 0.416 e. The van der Waals surface area contributed by atoms with Crippen molar-refractivity contribution in [2.24, 2.45) is 0 Å². The fourth-order valence-electron chi connectivity index (χ4n) is 3.06. The zero-order valence-corrected chi connectivity index (χ0v) is 18.3. The van der Waals surface area contributed by atoms with E-state index in [-0.39, 0.29) is 34.7 Å². The number of carbonyl (C=O) groups is 1. The predicted octanol–water partition coefficient (Wildman–Crippen LogP) is 4.29. The zero-order chi connectivity index (χ0) is 24.9. The van der Waals surface area contributed by atoms with Crippen molar-refractivity contribution in [3.63, 3.8) is 0 Å². The first kappa shape index (κ1) is 25.3. The quantitative estimate of drug-likeness (QED) is 0.359. The van der Waals surface area contributed by atoms with Gasteiger partial charge in [0.25, 0.3) is 0 Å². The maximum absolute atomic E-state index is 14.9. The average Bonchev–Trinajstić information content (AvgIpc) is 2.78. The van der Waals surface area contributed by atoms with E-state index in [4.69, 9.17) is 0 Å². The van der Waals surface area contributed by atoms with E-state index in [2.05, 4.69) is 10.6 Å². The second-order valence-electron chi connectivity index (χ2n) is 7.27. The average molecular weight is 498 g/mol. The lowest BCUT2D eigenvalue weighted by atomic mass is 10.0. The van der Waals surface area contributed by atoms with E-state index in [9.17, 15) is 35.2 Å². The third kappa shape index (κ3) is 6.39. The summed E-state index contributed by atoms with van der Waals surface area (Å²) >= 11 is 0. The number of amides is 1. The number of hydrogen-bond acceptors (Lipinski definition) is 4. The Bertz CT molecular complexity index is 1260. The highest BCUT2D eigenvalue weighted by Gasteiger charge is 2.30. The minimum absolute atomic E-state index is 0.0731. The minimum Gasteiger partial charge on any atom is -0.351 e. The number of hydrogen-bond donors (Lipinski definition) is 2. The molecule has 0 spiro atoms. The van der Waals surface area contributed by atoms with Gasteiger partial charge in [-0.05, 0) is 42.0 Å². The van der Waals surface area contributed by atoms with Gasteiger partial charge in [0.2, 0.25) is 5.91 Å². The number of carbonyl (C=O) groups excluding carboxylic acids is 1. The van der Waals surface area contributed by atoms with Crippen LogP contribution < -0.4 is 10.6 Å². The van der Waals surface area contributed by atoms with Gasteiger partial charge in [0.15, 0.2) is 9.84 Å². The Labute approximate surface area is 192 Å². The fourth-order valence-corrected chi connectivity index (χ4v) is 4.15.